The Kier molecular flexibility index (Phi) is 4.06. The van der Waals surface area contributed by atoms with Crippen molar-refractivity contribution >= 4 is 33.6 Å². The van der Waals surface area contributed by atoms with E-state index in [0.717, 1.165) is 9.50 Å². The number of pyridine rings is 1. The van der Waals surface area contributed by atoms with E-state index in [1.165, 1.54) is 29.1 Å². The Balaban J connectivity index is 1.94. The zero-order valence-electron chi connectivity index (χ0n) is 10.8. The number of rotatable bonds is 4. The fraction of sp³-hybridized carbons (Fsp3) is 0.0909. The second kappa shape index (κ2) is 6.14. The molecule has 0 atom stereocenters. The maximum absolute atomic E-state index is 4.35. The van der Waals surface area contributed by atoms with E-state index < -0.39 is 0 Å². The first kappa shape index (κ1) is 13.9. The molecule has 10 heteroatoms. The number of nitrogens with zero attached hydrogens (tertiary/aromatic N) is 7. The first-order valence-electron chi connectivity index (χ1n) is 5.83. The number of hydrogen-bond acceptors (Lipinski definition) is 8. The van der Waals surface area contributed by atoms with Gasteiger partial charge in [-0.15, -0.1) is 0 Å². The van der Waals surface area contributed by atoms with Crippen molar-refractivity contribution < 1.29 is 0 Å². The average Bonchev–Trinajstić information content (AvgIpc) is 3.04. The molecule has 1 N–H and O–H groups in total. The van der Waals surface area contributed by atoms with Crippen LogP contribution in [-0.2, 0) is 0 Å². The van der Waals surface area contributed by atoms with Crippen molar-refractivity contribution in [2.45, 2.75) is 10.2 Å². The van der Waals surface area contributed by atoms with Gasteiger partial charge in [0.15, 0.2) is 0 Å². The van der Waals surface area contributed by atoms with Crippen molar-refractivity contribution in [3.63, 3.8) is 0 Å². The SMILES string of the molecule is CNc1nc(Sc2ccc(Br)cn2)nc(-n2cncn2)n1. The summed E-state index contributed by atoms with van der Waals surface area (Å²) in [6.45, 7) is 0. The molecule has 0 saturated carbocycles. The molecule has 106 valence electrons. The highest BCUT2D eigenvalue weighted by atomic mass is 79.9. The molecule has 0 amide bonds. The third-order valence-electron chi connectivity index (χ3n) is 2.35. The van der Waals surface area contributed by atoms with Crippen molar-refractivity contribution in [1.29, 1.82) is 0 Å². The van der Waals surface area contributed by atoms with Crippen LogP contribution < -0.4 is 5.32 Å². The van der Waals surface area contributed by atoms with E-state index in [9.17, 15) is 0 Å². The Bertz CT molecular complexity index is 730. The van der Waals surface area contributed by atoms with Gasteiger partial charge in [-0.2, -0.15) is 24.7 Å². The normalized spacial score (nSPS) is 10.6. The van der Waals surface area contributed by atoms with Gasteiger partial charge in [-0.05, 0) is 39.8 Å². The van der Waals surface area contributed by atoms with E-state index in [-0.39, 0.29) is 0 Å². The summed E-state index contributed by atoms with van der Waals surface area (Å²) < 4.78 is 2.39. The second-order valence-electron chi connectivity index (χ2n) is 3.75. The molecule has 3 aromatic heterocycles. The molecule has 3 heterocycles. The van der Waals surface area contributed by atoms with Crippen LogP contribution >= 0.6 is 27.7 Å². The van der Waals surface area contributed by atoms with Crippen molar-refractivity contribution in [2.24, 2.45) is 0 Å². The number of halogens is 1. The largest absolute Gasteiger partial charge is 0.357 e. The minimum absolute atomic E-state index is 0.395. The number of anilines is 1. The molecule has 0 aliphatic rings. The molecule has 3 rings (SSSR count). The maximum atomic E-state index is 4.35. The molecule has 0 fully saturated rings. The van der Waals surface area contributed by atoms with Crippen molar-refractivity contribution in [2.75, 3.05) is 12.4 Å². The van der Waals surface area contributed by atoms with Crippen LogP contribution in [0.4, 0.5) is 5.95 Å². The lowest BCUT2D eigenvalue weighted by Gasteiger charge is -2.05. The molecule has 0 radical (unpaired) electrons. The third-order valence-corrected chi connectivity index (χ3v) is 3.63. The molecule has 0 spiro atoms. The fourth-order valence-electron chi connectivity index (χ4n) is 1.43. The second-order valence-corrected chi connectivity index (χ2v) is 5.65. The van der Waals surface area contributed by atoms with Gasteiger partial charge >= 0.3 is 0 Å². The van der Waals surface area contributed by atoms with Gasteiger partial charge in [0.1, 0.15) is 17.7 Å². The zero-order chi connectivity index (χ0) is 14.7. The Morgan fingerprint density at radius 3 is 2.81 bits per heavy atom. The standard InChI is InChI=1S/C11H9BrN8S/c1-13-9-17-10(20-6-14-5-16-20)19-11(18-9)21-8-3-2-7(12)4-15-8/h2-6H,1H3,(H,13,17,18,19). The van der Waals surface area contributed by atoms with E-state index in [0.29, 0.717) is 17.1 Å². The molecule has 21 heavy (non-hydrogen) atoms. The van der Waals surface area contributed by atoms with E-state index in [2.05, 4.69) is 51.3 Å². The molecule has 0 aliphatic heterocycles. The Labute approximate surface area is 132 Å². The minimum Gasteiger partial charge on any atom is -0.357 e. The summed E-state index contributed by atoms with van der Waals surface area (Å²) in [4.78, 5) is 21.0. The highest BCUT2D eigenvalue weighted by molar-refractivity contribution is 9.10. The molecule has 0 saturated heterocycles. The van der Waals surface area contributed by atoms with Gasteiger partial charge in [-0.3, -0.25) is 0 Å². The van der Waals surface area contributed by atoms with E-state index in [1.807, 2.05) is 12.1 Å². The summed E-state index contributed by atoms with van der Waals surface area (Å²) in [5, 5.41) is 8.23. The quantitative estimate of drug-likeness (QED) is 0.748. The maximum Gasteiger partial charge on any atom is 0.257 e. The molecule has 0 aromatic carbocycles. The van der Waals surface area contributed by atoms with Crippen LogP contribution in [0.5, 0.6) is 0 Å². The van der Waals surface area contributed by atoms with Gasteiger partial charge in [0.05, 0.1) is 0 Å². The first-order valence-corrected chi connectivity index (χ1v) is 7.44. The number of hydrogen-bond donors (Lipinski definition) is 1. The van der Waals surface area contributed by atoms with E-state index >= 15 is 0 Å². The number of aromatic nitrogens is 7. The van der Waals surface area contributed by atoms with Crippen molar-refractivity contribution in [1.82, 2.24) is 34.7 Å². The lowest BCUT2D eigenvalue weighted by atomic mass is 10.5. The Hall–Kier alpha value is -2.07. The van der Waals surface area contributed by atoms with Gasteiger partial charge in [0.2, 0.25) is 11.1 Å². The Morgan fingerprint density at radius 2 is 2.14 bits per heavy atom. The van der Waals surface area contributed by atoms with Gasteiger partial charge in [-0.1, -0.05) is 0 Å². The fourth-order valence-corrected chi connectivity index (χ4v) is 2.36. The van der Waals surface area contributed by atoms with Gasteiger partial charge in [0.25, 0.3) is 5.95 Å². The first-order chi connectivity index (χ1) is 10.2. The van der Waals surface area contributed by atoms with Crippen LogP contribution in [-0.4, -0.2) is 41.7 Å². The third kappa shape index (κ3) is 3.34. The zero-order valence-corrected chi connectivity index (χ0v) is 13.2. The predicted octanol–water partition coefficient (Wildman–Crippen LogP) is 1.80. The molecule has 0 unspecified atom stereocenters. The highest BCUT2D eigenvalue weighted by Crippen LogP contribution is 2.24. The van der Waals surface area contributed by atoms with Gasteiger partial charge in [-0.25, -0.2) is 9.97 Å². The smallest absolute Gasteiger partial charge is 0.257 e. The number of nitrogens with one attached hydrogen (secondary N) is 1. The van der Waals surface area contributed by atoms with Crippen LogP contribution in [0.1, 0.15) is 0 Å². The summed E-state index contributed by atoms with van der Waals surface area (Å²) in [6.07, 6.45) is 4.67. The lowest BCUT2D eigenvalue weighted by Crippen LogP contribution is -2.07. The Morgan fingerprint density at radius 1 is 1.24 bits per heavy atom. The summed E-state index contributed by atoms with van der Waals surface area (Å²) in [7, 11) is 1.74. The topological polar surface area (TPSA) is 94.3 Å². The summed E-state index contributed by atoms with van der Waals surface area (Å²) in [5.74, 6) is 0.849. The molecular formula is C11H9BrN8S. The average molecular weight is 365 g/mol. The molecular weight excluding hydrogens is 356 g/mol. The van der Waals surface area contributed by atoms with Gasteiger partial charge < -0.3 is 5.32 Å². The molecule has 3 aromatic rings. The van der Waals surface area contributed by atoms with Crippen LogP contribution in [0, 0.1) is 0 Å². The summed E-state index contributed by atoms with van der Waals surface area (Å²) >= 11 is 4.69. The van der Waals surface area contributed by atoms with Crippen LogP contribution in [0.2, 0.25) is 0 Å². The predicted molar refractivity (Wildman–Crippen MR) is 80.4 cm³/mol. The highest BCUT2D eigenvalue weighted by Gasteiger charge is 2.10. The monoisotopic (exact) mass is 364 g/mol. The van der Waals surface area contributed by atoms with Crippen molar-refractivity contribution in [3.8, 4) is 5.95 Å². The summed E-state index contributed by atoms with van der Waals surface area (Å²) in [6, 6.07) is 3.79. The van der Waals surface area contributed by atoms with E-state index in [4.69, 9.17) is 0 Å². The van der Waals surface area contributed by atoms with Crippen LogP contribution in [0.25, 0.3) is 5.95 Å². The van der Waals surface area contributed by atoms with Crippen LogP contribution in [0.15, 0.2) is 45.6 Å². The van der Waals surface area contributed by atoms with Gasteiger partial charge in [0, 0.05) is 17.7 Å². The molecule has 0 bridgehead atoms. The van der Waals surface area contributed by atoms with Crippen LogP contribution in [0.3, 0.4) is 0 Å². The lowest BCUT2D eigenvalue weighted by molar-refractivity contribution is 0.760. The molecule has 0 aliphatic carbocycles. The van der Waals surface area contributed by atoms with E-state index in [1.54, 1.807) is 13.2 Å². The summed E-state index contributed by atoms with van der Waals surface area (Å²) in [5.41, 5.74) is 0. The molecule has 8 nitrogen and oxygen atoms in total. The minimum atomic E-state index is 0.395. The van der Waals surface area contributed by atoms with Crippen molar-refractivity contribution in [3.05, 3.63) is 35.5 Å².